The molecule has 1 saturated heterocycles. The van der Waals surface area contributed by atoms with E-state index in [0.29, 0.717) is 25.4 Å². The van der Waals surface area contributed by atoms with Gasteiger partial charge in [-0.2, -0.15) is 4.31 Å². The van der Waals surface area contributed by atoms with Crippen molar-refractivity contribution in [3.63, 3.8) is 0 Å². The monoisotopic (exact) mass is 356 g/mol. The number of nitrogens with one attached hydrogen (secondary N) is 1. The van der Waals surface area contributed by atoms with Crippen LogP contribution in [-0.2, 0) is 14.8 Å². The van der Waals surface area contributed by atoms with Crippen LogP contribution in [0.3, 0.4) is 0 Å². The van der Waals surface area contributed by atoms with Gasteiger partial charge < -0.3 is 15.2 Å². The molecule has 0 spiro atoms. The van der Waals surface area contributed by atoms with Gasteiger partial charge in [-0.15, -0.1) is 0 Å². The highest BCUT2D eigenvalue weighted by molar-refractivity contribution is 7.89. The molecule has 2 N–H and O–H groups in total. The number of nitrogens with zero attached hydrogens (tertiary/aromatic N) is 1. The summed E-state index contributed by atoms with van der Waals surface area (Å²) >= 11 is 0. The summed E-state index contributed by atoms with van der Waals surface area (Å²) in [6.07, 6.45) is 1.66. The minimum absolute atomic E-state index is 0.110. The van der Waals surface area contributed by atoms with Crippen molar-refractivity contribution in [3.8, 4) is 5.75 Å². The largest absolute Gasteiger partial charge is 0.496 e. The van der Waals surface area contributed by atoms with Crippen LogP contribution in [0.5, 0.6) is 5.75 Å². The van der Waals surface area contributed by atoms with Crippen molar-refractivity contribution in [2.75, 3.05) is 33.3 Å². The number of hydrogen-bond donors (Lipinski definition) is 2. The molecule has 7 nitrogen and oxygen atoms in total. The first-order valence-electron chi connectivity index (χ1n) is 7.92. The van der Waals surface area contributed by atoms with Crippen molar-refractivity contribution in [1.82, 2.24) is 9.62 Å². The number of sulfonamides is 1. The van der Waals surface area contributed by atoms with Crippen LogP contribution >= 0.6 is 0 Å². The molecule has 1 aromatic rings. The lowest BCUT2D eigenvalue weighted by molar-refractivity contribution is -0.136. The molecule has 1 unspecified atom stereocenters. The summed E-state index contributed by atoms with van der Waals surface area (Å²) < 4.78 is 32.3. The fraction of sp³-hybridized carbons (Fsp3) is 0.562. The SMILES string of the molecule is COc1ccc(S(=O)(=O)N2CCCC(CNCC(=O)O)C2)cc1C. The maximum Gasteiger partial charge on any atom is 0.317 e. The van der Waals surface area contributed by atoms with E-state index in [1.54, 1.807) is 25.3 Å². The highest BCUT2D eigenvalue weighted by Crippen LogP contribution is 2.27. The first-order chi connectivity index (χ1) is 11.3. The second-order valence-electron chi connectivity index (χ2n) is 6.03. The third-order valence-corrected chi connectivity index (χ3v) is 6.06. The average molecular weight is 356 g/mol. The Morgan fingerprint density at radius 3 is 2.83 bits per heavy atom. The van der Waals surface area contributed by atoms with E-state index in [4.69, 9.17) is 9.84 Å². The number of carboxylic acids is 1. The van der Waals surface area contributed by atoms with Gasteiger partial charge in [-0.25, -0.2) is 8.42 Å². The molecule has 1 fully saturated rings. The summed E-state index contributed by atoms with van der Waals surface area (Å²) in [4.78, 5) is 10.8. The number of aryl methyl sites for hydroxylation is 1. The fourth-order valence-corrected chi connectivity index (χ4v) is 4.60. The smallest absolute Gasteiger partial charge is 0.317 e. The number of piperidine rings is 1. The molecule has 2 rings (SSSR count). The number of ether oxygens (including phenoxy) is 1. The molecule has 1 aliphatic heterocycles. The number of benzene rings is 1. The molecule has 24 heavy (non-hydrogen) atoms. The second-order valence-corrected chi connectivity index (χ2v) is 7.97. The Bertz CT molecular complexity index is 690. The number of carbonyl (C=O) groups is 1. The van der Waals surface area contributed by atoms with E-state index in [0.717, 1.165) is 18.4 Å². The van der Waals surface area contributed by atoms with E-state index in [2.05, 4.69) is 5.32 Å². The van der Waals surface area contributed by atoms with E-state index in [1.807, 2.05) is 6.92 Å². The molecule has 1 aliphatic rings. The van der Waals surface area contributed by atoms with Gasteiger partial charge >= 0.3 is 5.97 Å². The Balaban J connectivity index is 2.08. The summed E-state index contributed by atoms with van der Waals surface area (Å²) in [6.45, 7) is 3.09. The van der Waals surface area contributed by atoms with Crippen LogP contribution < -0.4 is 10.1 Å². The Morgan fingerprint density at radius 1 is 1.46 bits per heavy atom. The van der Waals surface area contributed by atoms with Crippen LogP contribution in [0.25, 0.3) is 0 Å². The van der Waals surface area contributed by atoms with E-state index in [-0.39, 0.29) is 17.4 Å². The van der Waals surface area contributed by atoms with Gasteiger partial charge in [-0.05, 0) is 56.0 Å². The van der Waals surface area contributed by atoms with Gasteiger partial charge in [0.1, 0.15) is 5.75 Å². The fourth-order valence-electron chi connectivity index (χ4n) is 2.96. The zero-order valence-corrected chi connectivity index (χ0v) is 14.8. The van der Waals surface area contributed by atoms with Crippen molar-refractivity contribution >= 4 is 16.0 Å². The Labute approximate surface area is 142 Å². The van der Waals surface area contributed by atoms with Crippen LogP contribution in [0.4, 0.5) is 0 Å². The molecule has 8 heteroatoms. The highest BCUT2D eigenvalue weighted by Gasteiger charge is 2.30. The Morgan fingerprint density at radius 2 is 2.21 bits per heavy atom. The average Bonchev–Trinajstić information content (AvgIpc) is 2.54. The molecule has 0 amide bonds. The van der Waals surface area contributed by atoms with E-state index in [9.17, 15) is 13.2 Å². The van der Waals surface area contributed by atoms with Crippen molar-refractivity contribution in [1.29, 1.82) is 0 Å². The molecule has 0 aromatic heterocycles. The number of rotatable bonds is 7. The van der Waals surface area contributed by atoms with Crippen molar-refractivity contribution in [2.45, 2.75) is 24.7 Å². The maximum absolute atomic E-state index is 12.8. The molecular weight excluding hydrogens is 332 g/mol. The third kappa shape index (κ3) is 4.46. The third-order valence-electron chi connectivity index (χ3n) is 4.20. The summed E-state index contributed by atoms with van der Waals surface area (Å²) in [5.41, 5.74) is 0.773. The van der Waals surface area contributed by atoms with Gasteiger partial charge in [-0.3, -0.25) is 4.79 Å². The van der Waals surface area contributed by atoms with Gasteiger partial charge in [0.2, 0.25) is 10.0 Å². The molecule has 1 atom stereocenters. The molecule has 1 heterocycles. The quantitative estimate of drug-likeness (QED) is 0.759. The first-order valence-corrected chi connectivity index (χ1v) is 9.36. The van der Waals surface area contributed by atoms with Crippen LogP contribution in [-0.4, -0.2) is 57.1 Å². The molecular formula is C16H24N2O5S. The normalized spacial score (nSPS) is 19.2. The second kappa shape index (κ2) is 7.96. The molecule has 134 valence electrons. The highest BCUT2D eigenvalue weighted by atomic mass is 32.2. The maximum atomic E-state index is 12.8. The van der Waals surface area contributed by atoms with E-state index >= 15 is 0 Å². The lowest BCUT2D eigenvalue weighted by Gasteiger charge is -2.32. The van der Waals surface area contributed by atoms with Crippen LogP contribution in [0.2, 0.25) is 0 Å². The van der Waals surface area contributed by atoms with Gasteiger partial charge in [0.15, 0.2) is 0 Å². The van der Waals surface area contributed by atoms with Crippen molar-refractivity contribution < 1.29 is 23.1 Å². The van der Waals surface area contributed by atoms with Gasteiger partial charge in [-0.1, -0.05) is 0 Å². The lowest BCUT2D eigenvalue weighted by atomic mass is 10.00. The molecule has 0 saturated carbocycles. The first kappa shape index (κ1) is 18.7. The predicted molar refractivity (Wildman–Crippen MR) is 89.7 cm³/mol. The number of carboxylic acid groups (broad SMARTS) is 1. The van der Waals surface area contributed by atoms with Crippen LogP contribution in [0.15, 0.2) is 23.1 Å². The van der Waals surface area contributed by atoms with Gasteiger partial charge in [0, 0.05) is 13.1 Å². The summed E-state index contributed by atoms with van der Waals surface area (Å²) in [5, 5.41) is 11.5. The minimum Gasteiger partial charge on any atom is -0.496 e. The molecule has 0 radical (unpaired) electrons. The van der Waals surface area contributed by atoms with Crippen LogP contribution in [0, 0.1) is 12.8 Å². The zero-order valence-electron chi connectivity index (χ0n) is 14.0. The van der Waals surface area contributed by atoms with Crippen molar-refractivity contribution in [2.24, 2.45) is 5.92 Å². The number of hydrogen-bond acceptors (Lipinski definition) is 5. The lowest BCUT2D eigenvalue weighted by Crippen LogP contribution is -2.43. The minimum atomic E-state index is -3.55. The summed E-state index contributed by atoms with van der Waals surface area (Å²) in [7, 11) is -2.00. The molecule has 0 aliphatic carbocycles. The van der Waals surface area contributed by atoms with E-state index in [1.165, 1.54) is 4.31 Å². The van der Waals surface area contributed by atoms with Gasteiger partial charge in [0.25, 0.3) is 0 Å². The summed E-state index contributed by atoms with van der Waals surface area (Å²) in [5.74, 6) is -0.139. The van der Waals surface area contributed by atoms with E-state index < -0.39 is 16.0 Å². The summed E-state index contributed by atoms with van der Waals surface area (Å²) in [6, 6.07) is 4.85. The molecule has 0 bridgehead atoms. The van der Waals surface area contributed by atoms with Gasteiger partial charge in [0.05, 0.1) is 18.6 Å². The van der Waals surface area contributed by atoms with Crippen molar-refractivity contribution in [3.05, 3.63) is 23.8 Å². The van der Waals surface area contributed by atoms with Crippen LogP contribution in [0.1, 0.15) is 18.4 Å². The predicted octanol–water partition coefficient (Wildman–Crippen LogP) is 1.08. The Hall–Kier alpha value is -1.64. The number of methoxy groups -OCH3 is 1. The topological polar surface area (TPSA) is 95.9 Å². The Kier molecular flexibility index (Phi) is 6.20. The number of aliphatic carboxylic acids is 1. The standard InChI is InChI=1S/C16H24N2O5S/c1-12-8-14(5-6-15(12)23-2)24(21,22)18-7-3-4-13(11-18)9-17-10-16(19)20/h5-6,8,13,17H,3-4,7,9-11H2,1-2H3,(H,19,20). The molecule has 1 aromatic carbocycles. The zero-order chi connectivity index (χ0) is 17.7.